The number of hydrogen-bond donors (Lipinski definition) is 0. The summed E-state index contributed by atoms with van der Waals surface area (Å²) in [6.07, 6.45) is 71.1. The Labute approximate surface area is 443 Å². The number of ether oxygens (including phenoxy) is 3. The molecule has 0 amide bonds. The molecule has 0 aliphatic rings. The number of rotatable bonds is 60. The number of unbranched alkanes of at least 4 members (excludes halogenated alkanes) is 47. The van der Waals surface area contributed by atoms with Gasteiger partial charge in [-0.2, -0.15) is 0 Å². The highest BCUT2D eigenvalue weighted by Gasteiger charge is 2.19. The lowest BCUT2D eigenvalue weighted by Gasteiger charge is -2.18. The van der Waals surface area contributed by atoms with Crippen molar-refractivity contribution in [2.45, 2.75) is 374 Å². The van der Waals surface area contributed by atoms with Crippen LogP contribution in [0.2, 0.25) is 0 Å². The second kappa shape index (κ2) is 60.7. The van der Waals surface area contributed by atoms with Crippen molar-refractivity contribution in [1.29, 1.82) is 0 Å². The van der Waals surface area contributed by atoms with E-state index in [2.05, 4.69) is 32.9 Å². The summed E-state index contributed by atoms with van der Waals surface area (Å²) >= 11 is 0. The number of carbonyl (C=O) groups is 3. The minimum Gasteiger partial charge on any atom is -0.462 e. The predicted octanol–water partition coefficient (Wildman–Crippen LogP) is 21.7. The lowest BCUT2D eigenvalue weighted by molar-refractivity contribution is -0.167. The predicted molar refractivity (Wildman–Crippen MR) is 307 cm³/mol. The number of carbonyl (C=O) groups excluding carboxylic acids is 3. The van der Waals surface area contributed by atoms with Crippen molar-refractivity contribution >= 4 is 17.9 Å². The van der Waals surface area contributed by atoms with E-state index < -0.39 is 6.10 Å². The molecule has 6 heteroatoms. The molecule has 6 nitrogen and oxygen atoms in total. The average Bonchev–Trinajstić information content (AvgIpc) is 3.37. The van der Waals surface area contributed by atoms with Crippen molar-refractivity contribution in [2.75, 3.05) is 13.2 Å². The Morgan fingerprint density at radius 1 is 0.268 bits per heavy atom. The molecule has 1 unspecified atom stereocenters. The molecule has 420 valence electrons. The molecule has 0 N–H and O–H groups in total. The van der Waals surface area contributed by atoms with Crippen LogP contribution in [0.3, 0.4) is 0 Å². The molecule has 0 aliphatic heterocycles. The van der Waals surface area contributed by atoms with Crippen molar-refractivity contribution in [3.63, 3.8) is 0 Å². The maximum atomic E-state index is 12.8. The molecule has 0 aromatic rings. The largest absolute Gasteiger partial charge is 0.462 e. The molecular weight excluding hydrogens is 877 g/mol. The summed E-state index contributed by atoms with van der Waals surface area (Å²) in [5.41, 5.74) is 0. The van der Waals surface area contributed by atoms with Gasteiger partial charge < -0.3 is 14.2 Å². The molecule has 71 heavy (non-hydrogen) atoms. The van der Waals surface area contributed by atoms with Gasteiger partial charge in [-0.15, -0.1) is 0 Å². The fourth-order valence-corrected chi connectivity index (χ4v) is 9.91. The fourth-order valence-electron chi connectivity index (χ4n) is 9.91. The van der Waals surface area contributed by atoms with E-state index in [-0.39, 0.29) is 31.1 Å². The monoisotopic (exact) mass is 1000 g/mol. The second-order valence-electron chi connectivity index (χ2n) is 22.0. The van der Waals surface area contributed by atoms with E-state index in [0.717, 1.165) is 64.2 Å². The van der Waals surface area contributed by atoms with E-state index in [1.54, 1.807) is 0 Å². The van der Waals surface area contributed by atoms with Gasteiger partial charge in [-0.1, -0.05) is 315 Å². The third-order valence-corrected chi connectivity index (χ3v) is 14.8. The summed E-state index contributed by atoms with van der Waals surface area (Å²) in [6, 6.07) is 0. The van der Waals surface area contributed by atoms with Crippen LogP contribution >= 0.6 is 0 Å². The van der Waals surface area contributed by atoms with Crippen molar-refractivity contribution in [1.82, 2.24) is 0 Å². The highest BCUT2D eigenvalue weighted by molar-refractivity contribution is 5.71. The molecule has 0 rings (SSSR count). The van der Waals surface area contributed by atoms with Gasteiger partial charge in [0.1, 0.15) is 13.2 Å². The van der Waals surface area contributed by atoms with E-state index >= 15 is 0 Å². The molecule has 0 spiro atoms. The normalized spacial score (nSPS) is 12.0. The molecule has 0 aromatic heterocycles. The number of hydrogen-bond acceptors (Lipinski definition) is 6. The third-order valence-electron chi connectivity index (χ3n) is 14.8. The van der Waals surface area contributed by atoms with Crippen molar-refractivity contribution in [3.8, 4) is 0 Å². The smallest absolute Gasteiger partial charge is 0.306 e. The van der Waals surface area contributed by atoms with Gasteiger partial charge in [-0.05, 0) is 44.9 Å². The zero-order chi connectivity index (χ0) is 51.4. The Morgan fingerprint density at radius 3 is 0.704 bits per heavy atom. The summed E-state index contributed by atoms with van der Waals surface area (Å²) in [5, 5.41) is 0. The Bertz CT molecular complexity index is 1100. The van der Waals surface area contributed by atoms with Gasteiger partial charge in [-0.25, -0.2) is 0 Å². The molecule has 0 aliphatic carbocycles. The van der Waals surface area contributed by atoms with Crippen LogP contribution in [-0.2, 0) is 28.6 Å². The van der Waals surface area contributed by atoms with Crippen LogP contribution in [0.15, 0.2) is 12.2 Å². The van der Waals surface area contributed by atoms with Gasteiger partial charge in [0.05, 0.1) is 0 Å². The van der Waals surface area contributed by atoms with Crippen LogP contribution in [-0.4, -0.2) is 37.2 Å². The summed E-state index contributed by atoms with van der Waals surface area (Å²) in [5.74, 6) is -0.854. The van der Waals surface area contributed by atoms with E-state index in [9.17, 15) is 14.4 Å². The van der Waals surface area contributed by atoms with Crippen LogP contribution in [0.4, 0.5) is 0 Å². The summed E-state index contributed by atoms with van der Waals surface area (Å²) in [7, 11) is 0. The fraction of sp³-hybridized carbons (Fsp3) is 0.923. The Hall–Kier alpha value is -1.85. The Morgan fingerprint density at radius 2 is 0.465 bits per heavy atom. The van der Waals surface area contributed by atoms with Gasteiger partial charge >= 0.3 is 17.9 Å². The van der Waals surface area contributed by atoms with Gasteiger partial charge in [0, 0.05) is 19.3 Å². The molecule has 0 radical (unpaired) electrons. The molecule has 0 aromatic carbocycles. The highest BCUT2D eigenvalue weighted by Crippen LogP contribution is 2.18. The molecule has 1 atom stereocenters. The van der Waals surface area contributed by atoms with Crippen LogP contribution in [0, 0.1) is 0 Å². The topological polar surface area (TPSA) is 78.9 Å². The number of allylic oxidation sites excluding steroid dienone is 2. The number of esters is 3. The lowest BCUT2D eigenvalue weighted by Crippen LogP contribution is -2.30. The van der Waals surface area contributed by atoms with Crippen molar-refractivity contribution in [2.24, 2.45) is 0 Å². The van der Waals surface area contributed by atoms with Crippen LogP contribution in [0.25, 0.3) is 0 Å². The minimum absolute atomic E-state index is 0.0676. The highest BCUT2D eigenvalue weighted by atomic mass is 16.6. The van der Waals surface area contributed by atoms with E-state index in [1.807, 2.05) is 0 Å². The van der Waals surface area contributed by atoms with Crippen LogP contribution in [0.1, 0.15) is 367 Å². The SMILES string of the molecule is CCCCCCCC/C=C\CCCCCCCC(=O)OC(COC(=O)CCCCCCCCCCC)COC(=O)CCCCCCCCCCCCCCCCCCCCCCCCCCCCCCC. The molecular formula is C65H124O6. The maximum absolute atomic E-state index is 12.8. The molecule has 0 fully saturated rings. The Balaban J connectivity index is 4.04. The zero-order valence-electron chi connectivity index (χ0n) is 48.3. The molecule has 0 saturated heterocycles. The Kier molecular flexibility index (Phi) is 59.1. The molecule has 0 bridgehead atoms. The standard InChI is InChI=1S/C65H124O6/c1-4-7-10-13-16-19-21-23-25-26-27-28-29-30-31-32-33-34-35-36-37-38-40-41-43-46-49-52-55-58-64(67)70-61-62(60-69-63(66)57-54-51-48-45-18-15-12-9-6-3)71-65(68)59-56-53-50-47-44-42-39-24-22-20-17-14-11-8-5-2/h24,39,62H,4-23,25-38,40-61H2,1-3H3/b39-24-. The van der Waals surface area contributed by atoms with Gasteiger partial charge in [0.2, 0.25) is 0 Å². The third kappa shape index (κ3) is 58.9. The van der Waals surface area contributed by atoms with Crippen molar-refractivity contribution < 1.29 is 28.6 Å². The molecule has 0 saturated carbocycles. The van der Waals surface area contributed by atoms with Gasteiger partial charge in [-0.3, -0.25) is 14.4 Å². The van der Waals surface area contributed by atoms with Crippen LogP contribution in [0.5, 0.6) is 0 Å². The van der Waals surface area contributed by atoms with Gasteiger partial charge in [0.25, 0.3) is 0 Å². The summed E-state index contributed by atoms with van der Waals surface area (Å²) in [4.78, 5) is 38.1. The first-order valence-electron chi connectivity index (χ1n) is 32.2. The molecule has 0 heterocycles. The maximum Gasteiger partial charge on any atom is 0.306 e. The first-order chi connectivity index (χ1) is 35.0. The van der Waals surface area contributed by atoms with Crippen molar-refractivity contribution in [3.05, 3.63) is 12.2 Å². The van der Waals surface area contributed by atoms with Crippen LogP contribution < -0.4 is 0 Å². The average molecular weight is 1000 g/mol. The minimum atomic E-state index is -0.768. The first-order valence-corrected chi connectivity index (χ1v) is 32.2. The van der Waals surface area contributed by atoms with Gasteiger partial charge in [0.15, 0.2) is 6.10 Å². The summed E-state index contributed by atoms with van der Waals surface area (Å²) < 4.78 is 16.9. The second-order valence-corrected chi connectivity index (χ2v) is 22.0. The first kappa shape index (κ1) is 69.2. The lowest BCUT2D eigenvalue weighted by atomic mass is 10.0. The quantitative estimate of drug-likeness (QED) is 0.0261. The van der Waals surface area contributed by atoms with E-state index in [1.165, 1.54) is 263 Å². The van der Waals surface area contributed by atoms with E-state index in [0.29, 0.717) is 19.3 Å². The van der Waals surface area contributed by atoms with E-state index in [4.69, 9.17) is 14.2 Å². The zero-order valence-corrected chi connectivity index (χ0v) is 48.3. The summed E-state index contributed by atoms with van der Waals surface area (Å²) in [6.45, 7) is 6.67.